The van der Waals surface area contributed by atoms with Gasteiger partial charge in [0.2, 0.25) is 18.0 Å². The normalized spacial score (nSPS) is 10.5. The van der Waals surface area contributed by atoms with Crippen LogP contribution in [0.15, 0.2) is 65.6 Å². The number of hydrogen-bond acceptors (Lipinski definition) is 9. The topological polar surface area (TPSA) is 118 Å². The number of amides is 1. The van der Waals surface area contributed by atoms with Gasteiger partial charge < -0.3 is 28.8 Å². The van der Waals surface area contributed by atoms with Crippen LogP contribution >= 0.6 is 0 Å². The van der Waals surface area contributed by atoms with E-state index in [-0.39, 0.29) is 5.91 Å². The maximum Gasteiger partial charge on any atom is 0.255 e. The zero-order valence-corrected chi connectivity index (χ0v) is 20.2. The third-order valence-corrected chi connectivity index (χ3v) is 4.84. The molecule has 2 heterocycles. The van der Waals surface area contributed by atoms with Crippen LogP contribution in [0.25, 0.3) is 11.5 Å². The fourth-order valence-corrected chi connectivity index (χ4v) is 3.35. The zero-order chi connectivity index (χ0) is 25.3. The van der Waals surface area contributed by atoms with Crippen LogP contribution < -0.4 is 24.3 Å². The first-order valence-electron chi connectivity index (χ1n) is 11.5. The van der Waals surface area contributed by atoms with Crippen LogP contribution in [0.1, 0.15) is 31.1 Å². The van der Waals surface area contributed by atoms with Crippen LogP contribution in [-0.2, 0) is 0 Å². The number of nitrogens with one attached hydrogen (secondary N) is 1. The molecule has 2 aromatic carbocycles. The van der Waals surface area contributed by atoms with Gasteiger partial charge in [0, 0.05) is 23.5 Å². The van der Waals surface area contributed by atoms with Crippen molar-refractivity contribution in [3.63, 3.8) is 0 Å². The van der Waals surface area contributed by atoms with Crippen LogP contribution in [0.3, 0.4) is 0 Å². The number of carbonyl (C=O) groups excluding carboxylic acids is 1. The van der Waals surface area contributed by atoms with Crippen LogP contribution in [0, 0.1) is 0 Å². The van der Waals surface area contributed by atoms with Gasteiger partial charge in [0.15, 0.2) is 11.5 Å². The van der Waals surface area contributed by atoms with Gasteiger partial charge in [0.1, 0.15) is 17.2 Å². The molecule has 0 aliphatic carbocycles. The lowest BCUT2D eigenvalue weighted by molar-refractivity contribution is 0.102. The maximum absolute atomic E-state index is 13.0. The van der Waals surface area contributed by atoms with E-state index in [0.717, 1.165) is 0 Å². The number of ether oxygens (including phenoxy) is 4. The molecule has 1 amide bonds. The molecule has 0 aliphatic rings. The smallest absolute Gasteiger partial charge is 0.255 e. The lowest BCUT2D eigenvalue weighted by Crippen LogP contribution is -2.13. The first-order valence-corrected chi connectivity index (χ1v) is 11.5. The van der Waals surface area contributed by atoms with Crippen molar-refractivity contribution in [3.05, 3.63) is 66.7 Å². The van der Waals surface area contributed by atoms with E-state index in [1.165, 1.54) is 6.39 Å². The molecule has 10 nitrogen and oxygen atoms in total. The molecule has 0 atom stereocenters. The molecule has 0 radical (unpaired) electrons. The molecule has 0 bridgehead atoms. The van der Waals surface area contributed by atoms with Gasteiger partial charge in [0.05, 0.1) is 19.8 Å². The summed E-state index contributed by atoms with van der Waals surface area (Å²) in [4.78, 5) is 21.2. The number of pyridine rings is 1. The molecule has 10 heteroatoms. The second-order valence-corrected chi connectivity index (χ2v) is 7.31. The summed E-state index contributed by atoms with van der Waals surface area (Å²) in [5.41, 5.74) is 1.51. The van der Waals surface area contributed by atoms with Gasteiger partial charge in [-0.25, -0.2) is 0 Å². The molecular weight excluding hydrogens is 464 g/mol. The number of hydrogen-bond donors (Lipinski definition) is 1. The SMILES string of the molecule is CCOc1cc(C(=O)Nc2ccc(Oc3ccnc(-c4ncon4)c3)cc2)cc(OCC)c1OCC. The van der Waals surface area contributed by atoms with E-state index in [4.69, 9.17) is 23.5 Å². The summed E-state index contributed by atoms with van der Waals surface area (Å²) in [6.07, 6.45) is 2.83. The summed E-state index contributed by atoms with van der Waals surface area (Å²) >= 11 is 0. The maximum atomic E-state index is 13.0. The third-order valence-electron chi connectivity index (χ3n) is 4.84. The summed E-state index contributed by atoms with van der Waals surface area (Å²) in [6.45, 7) is 6.90. The standard InChI is InChI=1S/C26H26N4O6/c1-4-32-22-13-17(14-23(33-5-2)24(22)34-6-3)26(31)29-18-7-9-19(10-8-18)36-20-11-12-27-21(15-20)25-28-16-35-30-25/h7-16H,4-6H2,1-3H3,(H,29,31). The Kier molecular flexibility index (Phi) is 7.97. The molecule has 0 aliphatic heterocycles. The molecule has 4 aromatic rings. The highest BCUT2D eigenvalue weighted by Gasteiger charge is 2.18. The number of carbonyl (C=O) groups is 1. The summed E-state index contributed by atoms with van der Waals surface area (Å²) in [7, 11) is 0. The van der Waals surface area contributed by atoms with E-state index in [0.29, 0.717) is 71.3 Å². The molecule has 1 N–H and O–H groups in total. The van der Waals surface area contributed by atoms with Crippen molar-refractivity contribution >= 4 is 11.6 Å². The predicted octanol–water partition coefficient (Wildman–Crippen LogP) is 5.37. The molecule has 186 valence electrons. The highest BCUT2D eigenvalue weighted by atomic mass is 16.5. The van der Waals surface area contributed by atoms with Crippen LogP contribution in [0.4, 0.5) is 5.69 Å². The summed E-state index contributed by atoms with van der Waals surface area (Å²) in [5, 5.41) is 6.66. The lowest BCUT2D eigenvalue weighted by Gasteiger charge is -2.17. The first-order chi connectivity index (χ1) is 17.6. The molecule has 36 heavy (non-hydrogen) atoms. The minimum Gasteiger partial charge on any atom is -0.490 e. The highest BCUT2D eigenvalue weighted by Crippen LogP contribution is 2.39. The minimum atomic E-state index is -0.312. The molecule has 0 unspecified atom stereocenters. The average molecular weight is 491 g/mol. The minimum absolute atomic E-state index is 0.312. The summed E-state index contributed by atoms with van der Waals surface area (Å²) in [5.74, 6) is 2.59. The zero-order valence-electron chi connectivity index (χ0n) is 20.2. The van der Waals surface area contributed by atoms with Crippen molar-refractivity contribution in [1.29, 1.82) is 0 Å². The Labute approximate surface area is 208 Å². The Bertz CT molecular complexity index is 1270. The second kappa shape index (κ2) is 11.7. The van der Waals surface area contributed by atoms with Crippen molar-refractivity contribution in [2.75, 3.05) is 25.1 Å². The number of anilines is 1. The molecular formula is C26H26N4O6. The molecule has 0 saturated carbocycles. The van der Waals surface area contributed by atoms with E-state index >= 15 is 0 Å². The Balaban J connectivity index is 1.47. The van der Waals surface area contributed by atoms with Crippen LogP contribution in [0.2, 0.25) is 0 Å². The first kappa shape index (κ1) is 24.5. The largest absolute Gasteiger partial charge is 0.490 e. The molecule has 0 spiro atoms. The fraction of sp³-hybridized carbons (Fsp3) is 0.231. The van der Waals surface area contributed by atoms with Gasteiger partial charge in [-0.05, 0) is 63.2 Å². The quantitative estimate of drug-likeness (QED) is 0.296. The van der Waals surface area contributed by atoms with Crippen LogP contribution in [0.5, 0.6) is 28.7 Å². The van der Waals surface area contributed by atoms with Crippen molar-refractivity contribution in [1.82, 2.24) is 15.1 Å². The molecule has 2 aromatic heterocycles. The number of rotatable bonds is 11. The van der Waals surface area contributed by atoms with Gasteiger partial charge in [-0.2, -0.15) is 4.98 Å². The number of benzene rings is 2. The monoisotopic (exact) mass is 490 g/mol. The van der Waals surface area contributed by atoms with Crippen LogP contribution in [-0.4, -0.2) is 40.9 Å². The Morgan fingerprint density at radius 1 is 0.861 bits per heavy atom. The van der Waals surface area contributed by atoms with Gasteiger partial charge >= 0.3 is 0 Å². The molecule has 0 fully saturated rings. The van der Waals surface area contributed by atoms with Gasteiger partial charge in [-0.15, -0.1) is 0 Å². The molecule has 0 saturated heterocycles. The van der Waals surface area contributed by atoms with Crippen molar-refractivity contribution in [2.45, 2.75) is 20.8 Å². The number of nitrogens with zero attached hydrogens (tertiary/aromatic N) is 3. The Morgan fingerprint density at radius 2 is 1.56 bits per heavy atom. The Hall–Kier alpha value is -4.60. The van der Waals surface area contributed by atoms with E-state index < -0.39 is 0 Å². The second-order valence-electron chi connectivity index (χ2n) is 7.31. The van der Waals surface area contributed by atoms with E-state index in [1.807, 2.05) is 20.8 Å². The highest BCUT2D eigenvalue weighted by molar-refractivity contribution is 6.05. The Morgan fingerprint density at radius 3 is 2.17 bits per heavy atom. The van der Waals surface area contributed by atoms with Crippen molar-refractivity contribution in [3.8, 4) is 40.3 Å². The van der Waals surface area contributed by atoms with Gasteiger partial charge in [0.25, 0.3) is 5.91 Å². The lowest BCUT2D eigenvalue weighted by atomic mass is 10.1. The molecule has 4 rings (SSSR count). The summed E-state index contributed by atoms with van der Waals surface area (Å²) in [6, 6.07) is 13.7. The predicted molar refractivity (Wildman–Crippen MR) is 132 cm³/mol. The summed E-state index contributed by atoms with van der Waals surface area (Å²) < 4.78 is 27.8. The van der Waals surface area contributed by atoms with Crippen molar-refractivity contribution < 1.29 is 28.3 Å². The number of aromatic nitrogens is 3. The van der Waals surface area contributed by atoms with E-state index in [2.05, 4.69) is 20.4 Å². The fourth-order valence-electron chi connectivity index (χ4n) is 3.35. The van der Waals surface area contributed by atoms with E-state index in [9.17, 15) is 4.79 Å². The van der Waals surface area contributed by atoms with Gasteiger partial charge in [-0.3, -0.25) is 9.78 Å². The van der Waals surface area contributed by atoms with E-state index in [1.54, 1.807) is 54.7 Å². The average Bonchev–Trinajstić information content (AvgIpc) is 3.43. The van der Waals surface area contributed by atoms with Crippen molar-refractivity contribution in [2.24, 2.45) is 0 Å². The third kappa shape index (κ3) is 5.90. The van der Waals surface area contributed by atoms with Gasteiger partial charge in [-0.1, -0.05) is 5.16 Å².